The molecule has 0 aromatic heterocycles. The Hall–Kier alpha value is -3.36. The predicted octanol–water partition coefficient (Wildman–Crippen LogP) is 5.31. The third kappa shape index (κ3) is 9.68. The highest BCUT2D eigenvalue weighted by Crippen LogP contribution is 2.21. The van der Waals surface area contributed by atoms with Gasteiger partial charge in [0.15, 0.2) is 0 Å². The quantitative estimate of drug-likeness (QED) is 0.188. The maximum atomic E-state index is 11.4. The van der Waals surface area contributed by atoms with E-state index in [4.69, 9.17) is 18.9 Å². The van der Waals surface area contributed by atoms with Crippen molar-refractivity contribution in [2.75, 3.05) is 13.2 Å². The minimum atomic E-state index is -1.04. The standard InChI is InChI=1S/C34H38O6/c35-21-32(38-23-28-15-7-2-8-16-28)34(40-25-30-19-11-4-12-20-30)33(39-24-29-17-9-3-10-18-29)31(36)26-37-22-27-13-5-1-6-14-27/h1-20,31-36H,21-26H2. The van der Waals surface area contributed by atoms with Crippen LogP contribution in [0.25, 0.3) is 0 Å². The van der Waals surface area contributed by atoms with E-state index in [-0.39, 0.29) is 33.0 Å². The summed E-state index contributed by atoms with van der Waals surface area (Å²) >= 11 is 0. The van der Waals surface area contributed by atoms with Crippen molar-refractivity contribution in [1.29, 1.82) is 0 Å². The highest BCUT2D eigenvalue weighted by atomic mass is 16.6. The molecule has 4 atom stereocenters. The highest BCUT2D eigenvalue weighted by molar-refractivity contribution is 5.16. The molecule has 0 fully saturated rings. The lowest BCUT2D eigenvalue weighted by Gasteiger charge is -2.35. The van der Waals surface area contributed by atoms with E-state index >= 15 is 0 Å². The van der Waals surface area contributed by atoms with Gasteiger partial charge in [0.05, 0.1) is 39.6 Å². The zero-order valence-electron chi connectivity index (χ0n) is 22.6. The van der Waals surface area contributed by atoms with Gasteiger partial charge in [0.25, 0.3) is 0 Å². The second kappa shape index (κ2) is 16.7. The number of rotatable bonds is 17. The van der Waals surface area contributed by atoms with Gasteiger partial charge in [0.2, 0.25) is 0 Å². The zero-order valence-corrected chi connectivity index (χ0v) is 22.6. The molecule has 6 nitrogen and oxygen atoms in total. The molecule has 40 heavy (non-hydrogen) atoms. The van der Waals surface area contributed by atoms with Crippen LogP contribution in [-0.4, -0.2) is 47.8 Å². The molecule has 4 aromatic rings. The fourth-order valence-electron chi connectivity index (χ4n) is 4.37. The molecule has 210 valence electrons. The van der Waals surface area contributed by atoms with Crippen LogP contribution >= 0.6 is 0 Å². The van der Waals surface area contributed by atoms with Crippen LogP contribution in [-0.2, 0) is 45.4 Å². The second-order valence-corrected chi connectivity index (χ2v) is 9.61. The summed E-state index contributed by atoms with van der Waals surface area (Å²) in [5.74, 6) is 0. The Labute approximate surface area is 236 Å². The molecule has 0 bridgehead atoms. The molecule has 0 saturated carbocycles. The molecule has 0 aliphatic carbocycles. The van der Waals surface area contributed by atoms with Crippen LogP contribution in [0.3, 0.4) is 0 Å². The minimum absolute atomic E-state index is 0.0242. The summed E-state index contributed by atoms with van der Waals surface area (Å²) in [4.78, 5) is 0. The molecule has 4 unspecified atom stereocenters. The number of aliphatic hydroxyl groups is 2. The Balaban J connectivity index is 1.53. The first kappa shape index (κ1) is 29.6. The summed E-state index contributed by atoms with van der Waals surface area (Å²) in [6, 6.07) is 39.1. The van der Waals surface area contributed by atoms with Crippen LogP contribution < -0.4 is 0 Å². The lowest BCUT2D eigenvalue weighted by Crippen LogP contribution is -2.51. The fraction of sp³-hybridized carbons (Fsp3) is 0.294. The van der Waals surface area contributed by atoms with Gasteiger partial charge in [-0.05, 0) is 22.3 Å². The molecule has 0 aliphatic heterocycles. The van der Waals surface area contributed by atoms with Gasteiger partial charge >= 0.3 is 0 Å². The average Bonchev–Trinajstić information content (AvgIpc) is 3.01. The van der Waals surface area contributed by atoms with Gasteiger partial charge in [-0.2, -0.15) is 0 Å². The SMILES string of the molecule is OCC(OCc1ccccc1)C(OCc1ccccc1)C(OCc1ccccc1)C(O)COCc1ccccc1. The summed E-state index contributed by atoms with van der Waals surface area (Å²) in [5, 5.41) is 21.8. The molecule has 6 heteroatoms. The van der Waals surface area contributed by atoms with Gasteiger partial charge in [0.1, 0.15) is 24.4 Å². The van der Waals surface area contributed by atoms with E-state index in [1.807, 2.05) is 121 Å². The first-order chi connectivity index (χ1) is 19.7. The van der Waals surface area contributed by atoms with Crippen molar-refractivity contribution in [2.45, 2.75) is 50.8 Å². The van der Waals surface area contributed by atoms with Crippen LogP contribution in [0.15, 0.2) is 121 Å². The largest absolute Gasteiger partial charge is 0.394 e. The van der Waals surface area contributed by atoms with E-state index in [9.17, 15) is 10.2 Å². The molecule has 0 saturated heterocycles. The van der Waals surface area contributed by atoms with E-state index < -0.39 is 24.4 Å². The lowest BCUT2D eigenvalue weighted by atomic mass is 10.0. The topological polar surface area (TPSA) is 77.4 Å². The summed E-state index contributed by atoms with van der Waals surface area (Å²) in [6.45, 7) is 0.865. The maximum Gasteiger partial charge on any atom is 0.115 e. The van der Waals surface area contributed by atoms with Crippen LogP contribution in [0, 0.1) is 0 Å². The van der Waals surface area contributed by atoms with E-state index in [1.165, 1.54) is 0 Å². The van der Waals surface area contributed by atoms with Crippen LogP contribution in [0.4, 0.5) is 0 Å². The van der Waals surface area contributed by atoms with Crippen LogP contribution in [0.5, 0.6) is 0 Å². The molecule has 2 N–H and O–H groups in total. The third-order valence-electron chi connectivity index (χ3n) is 6.53. The van der Waals surface area contributed by atoms with Crippen molar-refractivity contribution < 1.29 is 29.2 Å². The Morgan fingerprint density at radius 2 is 0.850 bits per heavy atom. The summed E-state index contributed by atoms with van der Waals surface area (Å²) in [7, 11) is 0. The van der Waals surface area contributed by atoms with Gasteiger partial charge in [-0.1, -0.05) is 121 Å². The minimum Gasteiger partial charge on any atom is -0.394 e. The van der Waals surface area contributed by atoms with Crippen molar-refractivity contribution in [2.24, 2.45) is 0 Å². The maximum absolute atomic E-state index is 11.4. The summed E-state index contributed by atoms with van der Waals surface area (Å²) in [5.41, 5.74) is 3.89. The number of aliphatic hydroxyl groups excluding tert-OH is 2. The molecule has 4 aromatic carbocycles. The Kier molecular flexibility index (Phi) is 12.3. The first-order valence-corrected chi connectivity index (χ1v) is 13.6. The van der Waals surface area contributed by atoms with Crippen LogP contribution in [0.2, 0.25) is 0 Å². The molecule has 4 rings (SSSR count). The Morgan fingerprint density at radius 1 is 0.475 bits per heavy atom. The third-order valence-corrected chi connectivity index (χ3v) is 6.53. The van der Waals surface area contributed by atoms with Gasteiger partial charge in [-0.3, -0.25) is 0 Å². The van der Waals surface area contributed by atoms with Crippen molar-refractivity contribution >= 4 is 0 Å². The molecule has 0 radical (unpaired) electrons. The van der Waals surface area contributed by atoms with E-state index in [2.05, 4.69) is 0 Å². The molecule has 0 spiro atoms. The second-order valence-electron chi connectivity index (χ2n) is 9.61. The van der Waals surface area contributed by atoms with E-state index in [0.717, 1.165) is 22.3 Å². The Bertz CT molecular complexity index is 1190. The van der Waals surface area contributed by atoms with Crippen molar-refractivity contribution in [1.82, 2.24) is 0 Å². The van der Waals surface area contributed by atoms with Gasteiger partial charge < -0.3 is 29.2 Å². The van der Waals surface area contributed by atoms with Crippen molar-refractivity contribution in [3.63, 3.8) is 0 Å². The van der Waals surface area contributed by atoms with Crippen molar-refractivity contribution in [3.8, 4) is 0 Å². The monoisotopic (exact) mass is 542 g/mol. The van der Waals surface area contributed by atoms with E-state index in [1.54, 1.807) is 0 Å². The molecule has 0 heterocycles. The van der Waals surface area contributed by atoms with Crippen LogP contribution in [0.1, 0.15) is 22.3 Å². The van der Waals surface area contributed by atoms with Gasteiger partial charge in [-0.15, -0.1) is 0 Å². The number of ether oxygens (including phenoxy) is 4. The molecule has 0 amide bonds. The predicted molar refractivity (Wildman–Crippen MR) is 154 cm³/mol. The normalized spacial score (nSPS) is 14.3. The average molecular weight is 543 g/mol. The highest BCUT2D eigenvalue weighted by Gasteiger charge is 2.37. The fourth-order valence-corrected chi connectivity index (χ4v) is 4.37. The first-order valence-electron chi connectivity index (χ1n) is 13.6. The van der Waals surface area contributed by atoms with Crippen molar-refractivity contribution in [3.05, 3.63) is 144 Å². The number of hydrogen-bond donors (Lipinski definition) is 2. The lowest BCUT2D eigenvalue weighted by molar-refractivity contribution is -0.193. The summed E-state index contributed by atoms with van der Waals surface area (Å²) < 4.78 is 24.8. The Morgan fingerprint density at radius 3 is 1.27 bits per heavy atom. The molecule has 0 aliphatic rings. The number of benzene rings is 4. The number of hydrogen-bond acceptors (Lipinski definition) is 6. The van der Waals surface area contributed by atoms with Gasteiger partial charge in [-0.25, -0.2) is 0 Å². The van der Waals surface area contributed by atoms with E-state index in [0.29, 0.717) is 6.61 Å². The molecular weight excluding hydrogens is 504 g/mol. The van der Waals surface area contributed by atoms with Gasteiger partial charge in [0, 0.05) is 0 Å². The summed E-state index contributed by atoms with van der Waals surface area (Å²) in [6.07, 6.45) is -3.42. The zero-order chi connectivity index (χ0) is 27.8. The molecular formula is C34H38O6. The smallest absolute Gasteiger partial charge is 0.115 e.